The molecule has 0 atom stereocenters. The minimum atomic E-state index is 0.308. The molecule has 1 heterocycles. The summed E-state index contributed by atoms with van der Waals surface area (Å²) in [7, 11) is 0. The van der Waals surface area contributed by atoms with Crippen molar-refractivity contribution in [2.75, 3.05) is 17.2 Å². The second kappa shape index (κ2) is 6.76. The summed E-state index contributed by atoms with van der Waals surface area (Å²) in [6, 6.07) is 5.81. The van der Waals surface area contributed by atoms with Crippen LogP contribution in [0.4, 0.5) is 17.3 Å². The average molecular weight is 305 g/mol. The van der Waals surface area contributed by atoms with Crippen LogP contribution < -0.4 is 10.6 Å². The molecule has 0 radical (unpaired) electrons. The SMILES string of the molecule is CCNc1ncnc(Nc2cccc(Cl)c2C)c1C(C)C. The summed E-state index contributed by atoms with van der Waals surface area (Å²) in [6.07, 6.45) is 1.58. The van der Waals surface area contributed by atoms with Crippen LogP contribution in [0.15, 0.2) is 24.5 Å². The summed E-state index contributed by atoms with van der Waals surface area (Å²) in [4.78, 5) is 8.75. The number of benzene rings is 1. The first kappa shape index (κ1) is 15.6. The number of aromatic nitrogens is 2. The highest BCUT2D eigenvalue weighted by molar-refractivity contribution is 6.31. The maximum absolute atomic E-state index is 6.18. The predicted molar refractivity (Wildman–Crippen MR) is 89.8 cm³/mol. The molecule has 1 aromatic heterocycles. The first-order valence-corrected chi connectivity index (χ1v) is 7.53. The molecule has 2 aromatic rings. The molecule has 112 valence electrons. The van der Waals surface area contributed by atoms with Crippen LogP contribution in [0.25, 0.3) is 0 Å². The number of hydrogen-bond donors (Lipinski definition) is 2. The molecule has 0 unspecified atom stereocenters. The monoisotopic (exact) mass is 304 g/mol. The van der Waals surface area contributed by atoms with Crippen molar-refractivity contribution in [3.05, 3.63) is 40.7 Å². The number of halogens is 1. The number of rotatable bonds is 5. The molecule has 4 nitrogen and oxygen atoms in total. The minimum Gasteiger partial charge on any atom is -0.370 e. The predicted octanol–water partition coefficient (Wildman–Crippen LogP) is 4.74. The van der Waals surface area contributed by atoms with Gasteiger partial charge in [-0.05, 0) is 37.5 Å². The van der Waals surface area contributed by atoms with Crippen LogP contribution in [0.1, 0.15) is 37.8 Å². The van der Waals surface area contributed by atoms with Gasteiger partial charge in [0.15, 0.2) is 0 Å². The van der Waals surface area contributed by atoms with Gasteiger partial charge in [-0.3, -0.25) is 0 Å². The molecule has 5 heteroatoms. The molecule has 1 aromatic carbocycles. The molecule has 0 saturated carbocycles. The lowest BCUT2D eigenvalue weighted by molar-refractivity contribution is 0.849. The summed E-state index contributed by atoms with van der Waals surface area (Å²) < 4.78 is 0. The number of hydrogen-bond acceptors (Lipinski definition) is 4. The second-order valence-electron chi connectivity index (χ2n) is 5.21. The van der Waals surface area contributed by atoms with Crippen molar-refractivity contribution in [3.63, 3.8) is 0 Å². The standard InChI is InChI=1S/C16H21ClN4/c1-5-18-15-14(10(2)3)16(20-9-19-15)21-13-8-6-7-12(17)11(13)4/h6-10H,5H2,1-4H3,(H2,18,19,20,21). The Bertz CT molecular complexity index is 626. The van der Waals surface area contributed by atoms with E-state index in [1.54, 1.807) is 6.33 Å². The Hall–Kier alpha value is -1.81. The van der Waals surface area contributed by atoms with Gasteiger partial charge in [0.1, 0.15) is 18.0 Å². The van der Waals surface area contributed by atoms with E-state index in [9.17, 15) is 0 Å². The summed E-state index contributed by atoms with van der Waals surface area (Å²) in [6.45, 7) is 9.14. The Morgan fingerprint density at radius 1 is 1.19 bits per heavy atom. The number of anilines is 3. The van der Waals surface area contributed by atoms with Crippen LogP contribution in [0, 0.1) is 6.92 Å². The van der Waals surface area contributed by atoms with E-state index in [0.717, 1.165) is 40.0 Å². The van der Waals surface area contributed by atoms with E-state index in [-0.39, 0.29) is 0 Å². The molecule has 0 aliphatic heterocycles. The fourth-order valence-corrected chi connectivity index (χ4v) is 2.40. The molecule has 0 spiro atoms. The van der Waals surface area contributed by atoms with Gasteiger partial charge in [-0.25, -0.2) is 9.97 Å². The average Bonchev–Trinajstić information content (AvgIpc) is 2.44. The molecular formula is C16H21ClN4. The molecule has 2 N–H and O–H groups in total. The zero-order valence-electron chi connectivity index (χ0n) is 12.9. The highest BCUT2D eigenvalue weighted by atomic mass is 35.5. The summed E-state index contributed by atoms with van der Waals surface area (Å²) >= 11 is 6.18. The molecule has 0 bridgehead atoms. The molecule has 0 aliphatic rings. The summed E-state index contributed by atoms with van der Waals surface area (Å²) in [5, 5.41) is 7.42. The molecular weight excluding hydrogens is 284 g/mol. The van der Waals surface area contributed by atoms with E-state index < -0.39 is 0 Å². The van der Waals surface area contributed by atoms with Gasteiger partial charge in [0.2, 0.25) is 0 Å². The fraction of sp³-hybridized carbons (Fsp3) is 0.375. The fourth-order valence-electron chi connectivity index (χ4n) is 2.22. The third-order valence-corrected chi connectivity index (χ3v) is 3.74. The van der Waals surface area contributed by atoms with Crippen LogP contribution >= 0.6 is 11.6 Å². The third kappa shape index (κ3) is 3.45. The van der Waals surface area contributed by atoms with E-state index in [4.69, 9.17) is 11.6 Å². The van der Waals surface area contributed by atoms with E-state index in [2.05, 4.69) is 41.4 Å². The molecule has 0 aliphatic carbocycles. The highest BCUT2D eigenvalue weighted by Gasteiger charge is 2.15. The van der Waals surface area contributed by atoms with Crippen molar-refractivity contribution in [2.45, 2.75) is 33.6 Å². The Kier molecular flexibility index (Phi) is 5.02. The molecule has 2 rings (SSSR count). The maximum Gasteiger partial charge on any atom is 0.139 e. The zero-order valence-corrected chi connectivity index (χ0v) is 13.6. The lowest BCUT2D eigenvalue weighted by Crippen LogP contribution is -2.09. The minimum absolute atomic E-state index is 0.308. The molecule has 21 heavy (non-hydrogen) atoms. The Morgan fingerprint density at radius 3 is 2.57 bits per heavy atom. The van der Waals surface area contributed by atoms with Crippen LogP contribution in [0.5, 0.6) is 0 Å². The molecule has 0 amide bonds. The van der Waals surface area contributed by atoms with Gasteiger partial charge in [0, 0.05) is 22.8 Å². The van der Waals surface area contributed by atoms with Gasteiger partial charge < -0.3 is 10.6 Å². The first-order chi connectivity index (χ1) is 10.0. The summed E-state index contributed by atoms with van der Waals surface area (Å²) in [5.74, 6) is 2.01. The summed E-state index contributed by atoms with van der Waals surface area (Å²) in [5.41, 5.74) is 3.06. The van der Waals surface area contributed by atoms with Gasteiger partial charge in [0.05, 0.1) is 0 Å². The van der Waals surface area contributed by atoms with Gasteiger partial charge >= 0.3 is 0 Å². The van der Waals surface area contributed by atoms with Crippen LogP contribution in [0.3, 0.4) is 0 Å². The number of nitrogens with one attached hydrogen (secondary N) is 2. The lowest BCUT2D eigenvalue weighted by atomic mass is 10.0. The third-order valence-electron chi connectivity index (χ3n) is 3.33. The van der Waals surface area contributed by atoms with E-state index in [1.807, 2.05) is 25.1 Å². The largest absolute Gasteiger partial charge is 0.370 e. The van der Waals surface area contributed by atoms with Gasteiger partial charge in [-0.1, -0.05) is 31.5 Å². The molecule has 0 fully saturated rings. The topological polar surface area (TPSA) is 49.8 Å². The smallest absolute Gasteiger partial charge is 0.139 e. The first-order valence-electron chi connectivity index (χ1n) is 7.15. The highest BCUT2D eigenvalue weighted by Crippen LogP contribution is 2.32. The maximum atomic E-state index is 6.18. The normalized spacial score (nSPS) is 10.8. The van der Waals surface area contributed by atoms with Crippen molar-refractivity contribution in [1.29, 1.82) is 0 Å². The quantitative estimate of drug-likeness (QED) is 0.838. The van der Waals surface area contributed by atoms with Gasteiger partial charge in [-0.15, -0.1) is 0 Å². The van der Waals surface area contributed by atoms with E-state index in [1.165, 1.54) is 0 Å². The van der Waals surface area contributed by atoms with Crippen molar-refractivity contribution < 1.29 is 0 Å². The van der Waals surface area contributed by atoms with E-state index in [0.29, 0.717) is 5.92 Å². The van der Waals surface area contributed by atoms with Crippen molar-refractivity contribution >= 4 is 28.9 Å². The van der Waals surface area contributed by atoms with Gasteiger partial charge in [-0.2, -0.15) is 0 Å². The molecule has 0 saturated heterocycles. The Morgan fingerprint density at radius 2 is 1.90 bits per heavy atom. The Balaban J connectivity index is 2.44. The van der Waals surface area contributed by atoms with Crippen LogP contribution in [-0.2, 0) is 0 Å². The van der Waals surface area contributed by atoms with Crippen molar-refractivity contribution in [1.82, 2.24) is 9.97 Å². The van der Waals surface area contributed by atoms with Crippen molar-refractivity contribution in [2.24, 2.45) is 0 Å². The second-order valence-corrected chi connectivity index (χ2v) is 5.61. The van der Waals surface area contributed by atoms with Crippen LogP contribution in [0.2, 0.25) is 5.02 Å². The lowest BCUT2D eigenvalue weighted by Gasteiger charge is -2.18. The zero-order chi connectivity index (χ0) is 15.4. The number of nitrogens with zero attached hydrogens (tertiary/aromatic N) is 2. The Labute approximate surface area is 131 Å². The van der Waals surface area contributed by atoms with Gasteiger partial charge in [0.25, 0.3) is 0 Å². The van der Waals surface area contributed by atoms with E-state index >= 15 is 0 Å². The van der Waals surface area contributed by atoms with Crippen LogP contribution in [-0.4, -0.2) is 16.5 Å². The van der Waals surface area contributed by atoms with Crippen molar-refractivity contribution in [3.8, 4) is 0 Å².